The number of rotatable bonds is 9. The van der Waals surface area contributed by atoms with Crippen molar-refractivity contribution < 1.29 is 19.7 Å². The molecule has 6 heteroatoms. The van der Waals surface area contributed by atoms with Crippen LogP contribution < -0.4 is 9.47 Å². The molecule has 0 spiro atoms. The average molecular weight is 427 g/mol. The maximum atomic E-state index is 9.62. The first-order valence-corrected chi connectivity index (χ1v) is 10.3. The lowest BCUT2D eigenvalue weighted by Crippen LogP contribution is -2.19. The zero-order valence-corrected chi connectivity index (χ0v) is 18.3. The minimum absolute atomic E-state index is 0.144. The van der Waals surface area contributed by atoms with Crippen LogP contribution in [0.25, 0.3) is 11.1 Å². The molecule has 0 heterocycles. The van der Waals surface area contributed by atoms with Crippen molar-refractivity contribution in [3.63, 3.8) is 0 Å². The van der Waals surface area contributed by atoms with Gasteiger partial charge >= 0.3 is 0 Å². The van der Waals surface area contributed by atoms with Crippen LogP contribution in [0.5, 0.6) is 11.5 Å². The van der Waals surface area contributed by atoms with E-state index in [0.29, 0.717) is 0 Å². The van der Waals surface area contributed by atoms with E-state index in [1.54, 1.807) is 0 Å². The lowest BCUT2D eigenvalue weighted by atomic mass is 9.96. The predicted octanol–water partition coefficient (Wildman–Crippen LogP) is 4.54. The number of hydrogen-bond donors (Lipinski definition) is 2. The van der Waals surface area contributed by atoms with Gasteiger partial charge < -0.3 is 19.7 Å². The largest absolute Gasteiger partial charge is 0.490 e. The Bertz CT molecular complexity index is 694. The third-order valence-electron chi connectivity index (χ3n) is 4.45. The maximum Gasteiger partial charge on any atom is 0.125 e. The molecule has 0 saturated carbocycles. The third kappa shape index (κ3) is 5.77. The monoisotopic (exact) mass is 426 g/mol. The molecule has 2 unspecified atom stereocenters. The molecule has 2 aromatic rings. The van der Waals surface area contributed by atoms with E-state index in [4.69, 9.17) is 32.7 Å². The first-order chi connectivity index (χ1) is 13.3. The van der Waals surface area contributed by atoms with Crippen LogP contribution in [0.4, 0.5) is 0 Å². The molecule has 2 aromatic carbocycles. The molecule has 2 atom stereocenters. The highest BCUT2D eigenvalue weighted by atomic mass is 35.5. The van der Waals surface area contributed by atoms with Gasteiger partial charge in [0, 0.05) is 0 Å². The second-order valence-electron chi connectivity index (χ2n) is 7.12. The Morgan fingerprint density at radius 3 is 1.21 bits per heavy atom. The molecule has 0 aliphatic carbocycles. The Kier molecular flexibility index (Phi) is 8.44. The molecule has 0 radical (unpaired) electrons. The van der Waals surface area contributed by atoms with Crippen molar-refractivity contribution in [2.75, 3.05) is 25.0 Å². The van der Waals surface area contributed by atoms with E-state index in [2.05, 4.69) is 24.3 Å². The molecular weight excluding hydrogens is 399 g/mol. The number of aryl methyl sites for hydroxylation is 4. The van der Waals surface area contributed by atoms with E-state index < -0.39 is 12.2 Å². The standard InChI is InChI=1S/C22H28Cl2O4/c1-13-5-17(6-14(2)21(13)27-11-19(25)9-23)18-7-15(3)22(16(4)8-18)28-12-20(26)10-24/h5-8,19-20,25-26H,9-12H2,1-4H3. The second kappa shape index (κ2) is 10.4. The molecule has 0 aliphatic rings. The Hall–Kier alpha value is -1.46. The van der Waals surface area contributed by atoms with E-state index in [0.717, 1.165) is 44.9 Å². The summed E-state index contributed by atoms with van der Waals surface area (Å²) in [6, 6.07) is 8.28. The van der Waals surface area contributed by atoms with Gasteiger partial charge in [-0.05, 0) is 85.3 Å². The van der Waals surface area contributed by atoms with Gasteiger partial charge in [-0.1, -0.05) is 0 Å². The minimum atomic E-state index is -0.685. The number of benzene rings is 2. The Labute approximate surface area is 177 Å². The van der Waals surface area contributed by atoms with Gasteiger partial charge in [0.1, 0.15) is 36.9 Å². The SMILES string of the molecule is Cc1cc(-c2cc(C)c(OCC(O)CCl)c(C)c2)cc(C)c1OCC(O)CCl. The summed E-state index contributed by atoms with van der Waals surface area (Å²) in [5, 5.41) is 19.2. The van der Waals surface area contributed by atoms with Crippen molar-refractivity contribution in [3.8, 4) is 22.6 Å². The highest BCUT2D eigenvalue weighted by Crippen LogP contribution is 2.34. The molecule has 0 fully saturated rings. The molecule has 154 valence electrons. The van der Waals surface area contributed by atoms with E-state index >= 15 is 0 Å². The van der Waals surface area contributed by atoms with Crippen molar-refractivity contribution in [2.24, 2.45) is 0 Å². The van der Waals surface area contributed by atoms with Gasteiger partial charge in [-0.2, -0.15) is 0 Å². The summed E-state index contributed by atoms with van der Waals surface area (Å²) < 4.78 is 11.5. The maximum absolute atomic E-state index is 9.62. The van der Waals surface area contributed by atoms with Crippen LogP contribution in [0.2, 0.25) is 0 Å². The van der Waals surface area contributed by atoms with Gasteiger partial charge in [0.25, 0.3) is 0 Å². The highest BCUT2D eigenvalue weighted by molar-refractivity contribution is 6.18. The van der Waals surface area contributed by atoms with Gasteiger partial charge in [0.2, 0.25) is 0 Å². The summed E-state index contributed by atoms with van der Waals surface area (Å²) in [6.45, 7) is 8.30. The van der Waals surface area contributed by atoms with Crippen LogP contribution >= 0.6 is 23.2 Å². The predicted molar refractivity (Wildman–Crippen MR) is 115 cm³/mol. The van der Waals surface area contributed by atoms with Crippen LogP contribution in [0.15, 0.2) is 24.3 Å². The lowest BCUT2D eigenvalue weighted by Gasteiger charge is -2.18. The molecule has 2 N–H and O–H groups in total. The van der Waals surface area contributed by atoms with Crippen LogP contribution in [0, 0.1) is 27.7 Å². The average Bonchev–Trinajstić information content (AvgIpc) is 2.65. The van der Waals surface area contributed by atoms with E-state index in [9.17, 15) is 10.2 Å². The van der Waals surface area contributed by atoms with Crippen molar-refractivity contribution in [2.45, 2.75) is 39.9 Å². The first-order valence-electron chi connectivity index (χ1n) is 9.23. The summed E-state index contributed by atoms with van der Waals surface area (Å²) >= 11 is 11.3. The van der Waals surface area contributed by atoms with Gasteiger partial charge in [-0.15, -0.1) is 23.2 Å². The van der Waals surface area contributed by atoms with Crippen LogP contribution in [-0.4, -0.2) is 47.4 Å². The normalized spacial score (nSPS) is 13.3. The zero-order chi connectivity index (χ0) is 20.8. The molecule has 4 nitrogen and oxygen atoms in total. The van der Waals surface area contributed by atoms with Gasteiger partial charge in [0.05, 0.1) is 11.8 Å². The molecule has 0 aromatic heterocycles. The number of ether oxygens (including phenoxy) is 2. The van der Waals surface area contributed by atoms with Crippen LogP contribution in [-0.2, 0) is 0 Å². The summed E-state index contributed by atoms with van der Waals surface area (Å²) in [4.78, 5) is 0. The zero-order valence-electron chi connectivity index (χ0n) is 16.8. The molecule has 0 bridgehead atoms. The van der Waals surface area contributed by atoms with Gasteiger partial charge in [0.15, 0.2) is 0 Å². The Balaban J connectivity index is 2.27. The van der Waals surface area contributed by atoms with E-state index in [1.165, 1.54) is 0 Å². The molecule has 28 heavy (non-hydrogen) atoms. The number of aliphatic hydroxyl groups is 2. The molecule has 0 aliphatic heterocycles. The fourth-order valence-corrected chi connectivity index (χ4v) is 3.32. The fourth-order valence-electron chi connectivity index (χ4n) is 3.14. The fraction of sp³-hybridized carbons (Fsp3) is 0.455. The van der Waals surface area contributed by atoms with Gasteiger partial charge in [-0.25, -0.2) is 0 Å². The van der Waals surface area contributed by atoms with Crippen molar-refractivity contribution in [1.29, 1.82) is 0 Å². The molecule has 0 saturated heterocycles. The van der Waals surface area contributed by atoms with Crippen molar-refractivity contribution in [3.05, 3.63) is 46.5 Å². The number of aliphatic hydroxyl groups excluding tert-OH is 2. The van der Waals surface area contributed by atoms with Crippen LogP contribution in [0.3, 0.4) is 0 Å². The minimum Gasteiger partial charge on any atom is -0.490 e. The molecule has 2 rings (SSSR count). The summed E-state index contributed by atoms with van der Waals surface area (Å²) in [7, 11) is 0. The molecule has 0 amide bonds. The topological polar surface area (TPSA) is 58.9 Å². The number of alkyl halides is 2. The van der Waals surface area contributed by atoms with Crippen LogP contribution in [0.1, 0.15) is 22.3 Å². The van der Waals surface area contributed by atoms with E-state index in [1.807, 2.05) is 27.7 Å². The summed E-state index contributed by atoms with van der Waals surface area (Å²) in [5.74, 6) is 1.84. The highest BCUT2D eigenvalue weighted by Gasteiger charge is 2.13. The lowest BCUT2D eigenvalue weighted by molar-refractivity contribution is 0.124. The Morgan fingerprint density at radius 2 is 0.964 bits per heavy atom. The summed E-state index contributed by atoms with van der Waals surface area (Å²) in [5.41, 5.74) is 6.16. The molecular formula is C22H28Cl2O4. The Morgan fingerprint density at radius 1 is 0.679 bits per heavy atom. The van der Waals surface area contributed by atoms with Crippen molar-refractivity contribution in [1.82, 2.24) is 0 Å². The van der Waals surface area contributed by atoms with Gasteiger partial charge in [-0.3, -0.25) is 0 Å². The smallest absolute Gasteiger partial charge is 0.125 e. The van der Waals surface area contributed by atoms with E-state index in [-0.39, 0.29) is 25.0 Å². The number of halogens is 2. The number of hydrogen-bond acceptors (Lipinski definition) is 4. The van der Waals surface area contributed by atoms with Crippen molar-refractivity contribution >= 4 is 23.2 Å². The third-order valence-corrected chi connectivity index (χ3v) is 5.16. The summed E-state index contributed by atoms with van der Waals surface area (Å²) in [6.07, 6.45) is -1.37. The second-order valence-corrected chi connectivity index (χ2v) is 7.73. The quantitative estimate of drug-likeness (QED) is 0.577. The first kappa shape index (κ1) is 22.8.